The van der Waals surface area contributed by atoms with Gasteiger partial charge >= 0.3 is 0 Å². The van der Waals surface area contributed by atoms with Crippen LogP contribution in [0.15, 0.2) is 36.4 Å². The molecule has 0 spiro atoms. The van der Waals surface area contributed by atoms with Crippen molar-refractivity contribution in [3.8, 4) is 0 Å². The standard InChI is InChI=1S/C21H23ClN2O2/c1-14-6-8-17(11-16(14)3)21(26)24(13-23-10-4-5-20(23)25)18-9-7-15(2)19(22)12-18/h6-9,11-12H,4-5,10,13H2,1-3H3. The fourth-order valence-electron chi connectivity index (χ4n) is 3.07. The van der Waals surface area contributed by atoms with E-state index in [1.807, 2.05) is 51.1 Å². The molecule has 1 fully saturated rings. The van der Waals surface area contributed by atoms with Crippen LogP contribution in [0.4, 0.5) is 5.69 Å². The minimum Gasteiger partial charge on any atom is -0.324 e. The van der Waals surface area contributed by atoms with Crippen molar-refractivity contribution in [3.63, 3.8) is 0 Å². The van der Waals surface area contributed by atoms with Crippen LogP contribution in [0.1, 0.15) is 39.9 Å². The van der Waals surface area contributed by atoms with Crippen LogP contribution in [0.3, 0.4) is 0 Å². The lowest BCUT2D eigenvalue weighted by atomic mass is 10.1. The zero-order chi connectivity index (χ0) is 18.8. The fourth-order valence-corrected chi connectivity index (χ4v) is 3.24. The maximum atomic E-state index is 13.2. The normalized spacial score (nSPS) is 14.0. The molecule has 1 heterocycles. The molecule has 0 saturated carbocycles. The van der Waals surface area contributed by atoms with Crippen molar-refractivity contribution in [1.29, 1.82) is 0 Å². The highest BCUT2D eigenvalue weighted by molar-refractivity contribution is 6.31. The van der Waals surface area contributed by atoms with Crippen molar-refractivity contribution in [1.82, 2.24) is 4.90 Å². The van der Waals surface area contributed by atoms with Crippen LogP contribution < -0.4 is 4.90 Å². The summed E-state index contributed by atoms with van der Waals surface area (Å²) in [7, 11) is 0. The zero-order valence-corrected chi connectivity index (χ0v) is 16.1. The number of anilines is 1. The van der Waals surface area contributed by atoms with E-state index < -0.39 is 0 Å². The number of benzene rings is 2. The Bertz CT molecular complexity index is 863. The third kappa shape index (κ3) is 3.75. The first kappa shape index (κ1) is 18.5. The smallest absolute Gasteiger partial charge is 0.259 e. The third-order valence-corrected chi connectivity index (χ3v) is 5.36. The highest BCUT2D eigenvalue weighted by atomic mass is 35.5. The first-order chi connectivity index (χ1) is 12.4. The first-order valence-corrected chi connectivity index (χ1v) is 9.17. The van der Waals surface area contributed by atoms with Crippen LogP contribution in [0.5, 0.6) is 0 Å². The topological polar surface area (TPSA) is 40.6 Å². The van der Waals surface area contributed by atoms with Crippen molar-refractivity contribution in [3.05, 3.63) is 63.7 Å². The van der Waals surface area contributed by atoms with Crippen molar-refractivity contribution < 1.29 is 9.59 Å². The average Bonchev–Trinajstić information content (AvgIpc) is 3.02. The molecule has 2 amide bonds. The van der Waals surface area contributed by atoms with Gasteiger partial charge in [-0.05, 0) is 68.1 Å². The Morgan fingerprint density at radius 2 is 1.81 bits per heavy atom. The SMILES string of the molecule is Cc1ccc(C(=O)N(CN2CCCC2=O)c2ccc(C)c(Cl)c2)cc1C. The Hall–Kier alpha value is -2.33. The summed E-state index contributed by atoms with van der Waals surface area (Å²) in [6.45, 7) is 6.85. The van der Waals surface area contributed by atoms with E-state index in [0.29, 0.717) is 29.2 Å². The van der Waals surface area contributed by atoms with E-state index in [1.165, 1.54) is 0 Å². The van der Waals surface area contributed by atoms with Crippen LogP contribution in [0.2, 0.25) is 5.02 Å². The van der Waals surface area contributed by atoms with Gasteiger partial charge in [-0.2, -0.15) is 0 Å². The van der Waals surface area contributed by atoms with E-state index in [1.54, 1.807) is 15.9 Å². The summed E-state index contributed by atoms with van der Waals surface area (Å²) >= 11 is 6.28. The minimum atomic E-state index is -0.132. The molecule has 0 N–H and O–H groups in total. The van der Waals surface area contributed by atoms with Gasteiger partial charge in [-0.3, -0.25) is 14.5 Å². The second kappa shape index (κ2) is 7.50. The Balaban J connectivity index is 1.98. The van der Waals surface area contributed by atoms with Crippen LogP contribution in [-0.4, -0.2) is 29.9 Å². The lowest BCUT2D eigenvalue weighted by molar-refractivity contribution is -0.127. The number of hydrogen-bond acceptors (Lipinski definition) is 2. The predicted octanol–water partition coefficient (Wildman–Crippen LogP) is 4.49. The molecule has 4 nitrogen and oxygen atoms in total. The molecule has 26 heavy (non-hydrogen) atoms. The van der Waals surface area contributed by atoms with Crippen LogP contribution >= 0.6 is 11.6 Å². The van der Waals surface area contributed by atoms with Crippen LogP contribution in [0, 0.1) is 20.8 Å². The molecule has 5 heteroatoms. The van der Waals surface area contributed by atoms with Crippen molar-refractivity contribution in [2.24, 2.45) is 0 Å². The molecule has 1 saturated heterocycles. The van der Waals surface area contributed by atoms with E-state index >= 15 is 0 Å². The monoisotopic (exact) mass is 370 g/mol. The summed E-state index contributed by atoms with van der Waals surface area (Å²) in [4.78, 5) is 28.7. The molecule has 136 valence electrons. The third-order valence-electron chi connectivity index (χ3n) is 4.95. The molecule has 3 rings (SSSR count). The molecular formula is C21H23ClN2O2. The van der Waals surface area contributed by atoms with Gasteiger partial charge < -0.3 is 4.90 Å². The molecule has 1 aliphatic rings. The summed E-state index contributed by atoms with van der Waals surface area (Å²) in [5.41, 5.74) is 4.46. The number of carbonyl (C=O) groups excluding carboxylic acids is 2. The van der Waals surface area contributed by atoms with E-state index in [4.69, 9.17) is 11.6 Å². The number of amides is 2. The maximum Gasteiger partial charge on any atom is 0.259 e. The molecule has 2 aromatic rings. The van der Waals surface area contributed by atoms with Gasteiger partial charge in [0.1, 0.15) is 6.67 Å². The summed E-state index contributed by atoms with van der Waals surface area (Å²) in [6.07, 6.45) is 1.37. The van der Waals surface area contributed by atoms with E-state index in [0.717, 1.165) is 23.1 Å². The van der Waals surface area contributed by atoms with E-state index in [2.05, 4.69) is 0 Å². The Labute approximate surface area is 159 Å². The quantitative estimate of drug-likeness (QED) is 0.795. The second-order valence-electron chi connectivity index (χ2n) is 6.87. The number of nitrogens with zero attached hydrogens (tertiary/aromatic N) is 2. The average molecular weight is 371 g/mol. The molecule has 2 aromatic carbocycles. The Morgan fingerprint density at radius 1 is 1.08 bits per heavy atom. The van der Waals surface area contributed by atoms with Crippen LogP contribution in [-0.2, 0) is 4.79 Å². The highest BCUT2D eigenvalue weighted by Crippen LogP contribution is 2.26. The lowest BCUT2D eigenvalue weighted by Crippen LogP contribution is -2.42. The molecule has 0 aliphatic carbocycles. The van der Waals surface area contributed by atoms with Gasteiger partial charge in [0, 0.05) is 29.2 Å². The molecule has 0 atom stereocenters. The second-order valence-corrected chi connectivity index (χ2v) is 7.28. The van der Waals surface area contributed by atoms with E-state index in [-0.39, 0.29) is 18.5 Å². The Kier molecular flexibility index (Phi) is 5.33. The first-order valence-electron chi connectivity index (χ1n) is 8.80. The summed E-state index contributed by atoms with van der Waals surface area (Å²) in [5.74, 6) is -0.0474. The summed E-state index contributed by atoms with van der Waals surface area (Å²) in [6, 6.07) is 11.2. The molecular weight excluding hydrogens is 348 g/mol. The summed E-state index contributed by atoms with van der Waals surface area (Å²) in [5, 5.41) is 0.605. The zero-order valence-electron chi connectivity index (χ0n) is 15.4. The molecule has 0 aromatic heterocycles. The molecule has 0 unspecified atom stereocenters. The van der Waals surface area contributed by atoms with Crippen molar-refractivity contribution in [2.75, 3.05) is 18.1 Å². The van der Waals surface area contributed by atoms with Crippen molar-refractivity contribution >= 4 is 29.1 Å². The number of aryl methyl sites for hydroxylation is 3. The van der Waals surface area contributed by atoms with Gasteiger partial charge in [-0.25, -0.2) is 0 Å². The largest absolute Gasteiger partial charge is 0.324 e. The van der Waals surface area contributed by atoms with Crippen molar-refractivity contribution in [2.45, 2.75) is 33.6 Å². The number of carbonyl (C=O) groups is 2. The number of rotatable bonds is 4. The molecule has 0 radical (unpaired) electrons. The van der Waals surface area contributed by atoms with Gasteiger partial charge in [0.05, 0.1) is 0 Å². The number of hydrogen-bond donors (Lipinski definition) is 0. The summed E-state index contributed by atoms with van der Waals surface area (Å²) < 4.78 is 0. The number of halogens is 1. The highest BCUT2D eigenvalue weighted by Gasteiger charge is 2.26. The van der Waals surface area contributed by atoms with Crippen LogP contribution in [0.25, 0.3) is 0 Å². The van der Waals surface area contributed by atoms with Gasteiger partial charge in [0.2, 0.25) is 5.91 Å². The van der Waals surface area contributed by atoms with Gasteiger partial charge in [0.25, 0.3) is 5.91 Å². The Morgan fingerprint density at radius 3 is 2.42 bits per heavy atom. The lowest BCUT2D eigenvalue weighted by Gasteiger charge is -2.28. The van der Waals surface area contributed by atoms with Gasteiger partial charge in [-0.15, -0.1) is 0 Å². The number of likely N-dealkylation sites (tertiary alicyclic amines) is 1. The minimum absolute atomic E-state index is 0.0843. The molecule has 1 aliphatic heterocycles. The van der Waals surface area contributed by atoms with Gasteiger partial charge in [-0.1, -0.05) is 23.7 Å². The van der Waals surface area contributed by atoms with E-state index in [9.17, 15) is 9.59 Å². The van der Waals surface area contributed by atoms with Gasteiger partial charge in [0.15, 0.2) is 0 Å². The fraction of sp³-hybridized carbons (Fsp3) is 0.333. The maximum absolute atomic E-state index is 13.2. The predicted molar refractivity (Wildman–Crippen MR) is 105 cm³/mol. The molecule has 0 bridgehead atoms.